The number of hydrogen-bond acceptors (Lipinski definition) is 2. The van der Waals surface area contributed by atoms with E-state index in [2.05, 4.69) is 11.9 Å². The first-order valence-electron chi connectivity index (χ1n) is 2.75. The zero-order chi connectivity index (χ0) is 6.69. The van der Waals surface area contributed by atoms with Crippen LogP contribution < -0.4 is 0 Å². The Morgan fingerprint density at radius 2 is 2.33 bits per heavy atom. The minimum atomic E-state index is 1.16. The van der Waals surface area contributed by atoms with Gasteiger partial charge in [0.15, 0.2) is 0 Å². The molecule has 1 aromatic heterocycles. The molecule has 0 unspecified atom stereocenters. The van der Waals surface area contributed by atoms with Crippen molar-refractivity contribution in [2.45, 2.75) is 0 Å². The van der Waals surface area contributed by atoms with Crippen LogP contribution in [0.3, 0.4) is 0 Å². The first-order chi connectivity index (χ1) is 4.29. The monoisotopic (exact) mass is 139 g/mol. The second-order valence-electron chi connectivity index (χ2n) is 2.02. The zero-order valence-electron chi connectivity index (χ0n) is 5.59. The van der Waals surface area contributed by atoms with E-state index in [9.17, 15) is 0 Å². The normalized spacial score (nSPS) is 10.6. The summed E-state index contributed by atoms with van der Waals surface area (Å²) in [5.74, 6) is 0. The molecule has 0 atom stereocenters. The third-order valence-corrected chi connectivity index (χ3v) is 1.56. The topological polar surface area (TPSA) is 3.24 Å². The Balaban J connectivity index is 2.48. The molecule has 1 nitrogen and oxygen atoms in total. The van der Waals surface area contributed by atoms with E-state index in [-0.39, 0.29) is 0 Å². The number of rotatable bonds is 2. The molecule has 0 aliphatic rings. The van der Waals surface area contributed by atoms with Gasteiger partial charge in [0.1, 0.15) is 0 Å². The van der Waals surface area contributed by atoms with Crippen molar-refractivity contribution in [1.29, 1.82) is 0 Å². The van der Waals surface area contributed by atoms with Crippen LogP contribution in [0.15, 0.2) is 16.8 Å². The largest absolute Gasteiger partial charge is 0.296 e. The average molecular weight is 139 g/mol. The molecule has 1 rings (SSSR count). The second-order valence-corrected chi connectivity index (χ2v) is 2.80. The lowest BCUT2D eigenvalue weighted by Crippen LogP contribution is -2.06. The van der Waals surface area contributed by atoms with Gasteiger partial charge in [0.2, 0.25) is 0 Å². The molecule has 2 heteroatoms. The standard InChI is InChI=1S/C7H9NS/c1-8(2)5-7-3-4-9-6-7/h3-4,6H,1-2H3. The maximum atomic E-state index is 3.13. The van der Waals surface area contributed by atoms with Crippen molar-refractivity contribution in [2.24, 2.45) is 0 Å². The lowest BCUT2D eigenvalue weighted by molar-refractivity contribution is 0.516. The quantitative estimate of drug-likeness (QED) is 0.564. The smallest absolute Gasteiger partial charge is 0.0966 e. The fourth-order valence-electron chi connectivity index (χ4n) is 0.586. The van der Waals surface area contributed by atoms with Gasteiger partial charge >= 0.3 is 0 Å². The predicted octanol–water partition coefficient (Wildman–Crippen LogP) is 1.70. The SMILES string of the molecule is CN(C)[C]c1ccsc1. The van der Waals surface area contributed by atoms with Crippen molar-refractivity contribution >= 4 is 11.3 Å². The summed E-state index contributed by atoms with van der Waals surface area (Å²) in [5.41, 5.74) is 1.16. The van der Waals surface area contributed by atoms with E-state index >= 15 is 0 Å². The lowest BCUT2D eigenvalue weighted by Gasteiger charge is -2.03. The molecule has 0 saturated carbocycles. The third-order valence-electron chi connectivity index (χ3n) is 0.874. The minimum Gasteiger partial charge on any atom is -0.296 e. The molecule has 48 valence electrons. The molecule has 0 spiro atoms. The summed E-state index contributed by atoms with van der Waals surface area (Å²) < 4.78 is 0. The third kappa shape index (κ3) is 2.16. The summed E-state index contributed by atoms with van der Waals surface area (Å²) in [4.78, 5) is 1.92. The summed E-state index contributed by atoms with van der Waals surface area (Å²) >= 11 is 1.69. The Kier molecular flexibility index (Phi) is 2.25. The summed E-state index contributed by atoms with van der Waals surface area (Å²) in [6.07, 6.45) is 0. The fraction of sp³-hybridized carbons (Fsp3) is 0.286. The van der Waals surface area contributed by atoms with E-state index < -0.39 is 0 Å². The van der Waals surface area contributed by atoms with E-state index in [1.54, 1.807) is 11.3 Å². The van der Waals surface area contributed by atoms with Gasteiger partial charge in [-0.3, -0.25) is 4.90 Å². The van der Waals surface area contributed by atoms with Crippen LogP contribution >= 0.6 is 11.3 Å². The Morgan fingerprint density at radius 1 is 1.56 bits per heavy atom. The molecule has 2 radical (unpaired) electrons. The van der Waals surface area contributed by atoms with E-state index in [1.165, 1.54) is 0 Å². The molecule has 0 amide bonds. The average Bonchev–Trinajstić information content (AvgIpc) is 2.15. The van der Waals surface area contributed by atoms with E-state index in [1.807, 2.05) is 30.4 Å². The zero-order valence-corrected chi connectivity index (χ0v) is 6.40. The van der Waals surface area contributed by atoms with Crippen LogP contribution in [0.5, 0.6) is 0 Å². The van der Waals surface area contributed by atoms with Gasteiger partial charge in [-0.1, -0.05) is 0 Å². The minimum absolute atomic E-state index is 1.16. The summed E-state index contributed by atoms with van der Waals surface area (Å²) in [6, 6.07) is 2.05. The van der Waals surface area contributed by atoms with Gasteiger partial charge < -0.3 is 0 Å². The Labute approximate surface area is 59.9 Å². The van der Waals surface area contributed by atoms with E-state index in [0.717, 1.165) is 5.56 Å². The maximum absolute atomic E-state index is 3.13. The van der Waals surface area contributed by atoms with Gasteiger partial charge in [-0.05, 0) is 36.5 Å². The van der Waals surface area contributed by atoms with E-state index in [4.69, 9.17) is 0 Å². The van der Waals surface area contributed by atoms with Gasteiger partial charge in [-0.15, -0.1) is 0 Å². The second kappa shape index (κ2) is 2.99. The maximum Gasteiger partial charge on any atom is 0.0966 e. The fourth-order valence-corrected chi connectivity index (χ4v) is 1.17. The highest BCUT2D eigenvalue weighted by atomic mass is 32.1. The van der Waals surface area contributed by atoms with Crippen LogP contribution in [0.25, 0.3) is 0 Å². The summed E-state index contributed by atoms with van der Waals surface area (Å²) in [5, 5.41) is 4.12. The van der Waals surface area contributed by atoms with Crippen molar-refractivity contribution in [3.8, 4) is 0 Å². The van der Waals surface area contributed by atoms with Crippen molar-refractivity contribution < 1.29 is 0 Å². The van der Waals surface area contributed by atoms with Crippen molar-refractivity contribution in [1.82, 2.24) is 4.90 Å². The van der Waals surface area contributed by atoms with Crippen molar-refractivity contribution in [3.63, 3.8) is 0 Å². The van der Waals surface area contributed by atoms with Crippen LogP contribution in [0, 0.1) is 6.54 Å². The molecule has 0 bridgehead atoms. The van der Waals surface area contributed by atoms with Gasteiger partial charge in [-0.2, -0.15) is 11.3 Å². The van der Waals surface area contributed by atoms with Crippen LogP contribution in [-0.4, -0.2) is 19.0 Å². The predicted molar refractivity (Wildman–Crippen MR) is 40.4 cm³/mol. The van der Waals surface area contributed by atoms with Crippen molar-refractivity contribution in [2.75, 3.05) is 14.1 Å². The van der Waals surface area contributed by atoms with Crippen LogP contribution in [0.4, 0.5) is 0 Å². The Hall–Kier alpha value is -0.340. The molecule has 1 heterocycles. The summed E-state index contributed by atoms with van der Waals surface area (Å²) in [7, 11) is 3.94. The number of nitrogens with zero attached hydrogens (tertiary/aromatic N) is 1. The van der Waals surface area contributed by atoms with E-state index in [0.29, 0.717) is 0 Å². The molecule has 9 heavy (non-hydrogen) atoms. The molecule has 1 aromatic rings. The van der Waals surface area contributed by atoms with Crippen LogP contribution in [0.1, 0.15) is 5.56 Å². The molecular formula is C7H9NS. The highest BCUT2D eigenvalue weighted by molar-refractivity contribution is 7.08. The number of hydrogen-bond donors (Lipinski definition) is 0. The lowest BCUT2D eigenvalue weighted by atomic mass is 10.3. The number of thiophene rings is 1. The summed E-state index contributed by atoms with van der Waals surface area (Å²) in [6.45, 7) is 3.13. The van der Waals surface area contributed by atoms with Gasteiger partial charge in [0.25, 0.3) is 0 Å². The Morgan fingerprint density at radius 3 is 2.78 bits per heavy atom. The molecule has 0 saturated heterocycles. The first-order valence-corrected chi connectivity index (χ1v) is 3.69. The molecular weight excluding hydrogens is 130 g/mol. The molecule has 0 aliphatic heterocycles. The van der Waals surface area contributed by atoms with Crippen molar-refractivity contribution in [3.05, 3.63) is 28.9 Å². The highest BCUT2D eigenvalue weighted by Gasteiger charge is 1.94. The van der Waals surface area contributed by atoms with Crippen LogP contribution in [0.2, 0.25) is 0 Å². The van der Waals surface area contributed by atoms with Gasteiger partial charge in [-0.25, -0.2) is 0 Å². The highest BCUT2D eigenvalue weighted by Crippen LogP contribution is 2.08. The van der Waals surface area contributed by atoms with Crippen LogP contribution in [-0.2, 0) is 0 Å². The molecule has 0 fully saturated rings. The molecule has 0 aliphatic carbocycles. The van der Waals surface area contributed by atoms with Gasteiger partial charge in [0.05, 0.1) is 6.54 Å². The first kappa shape index (κ1) is 6.78. The van der Waals surface area contributed by atoms with Gasteiger partial charge in [0, 0.05) is 0 Å². The molecule has 0 N–H and O–H groups in total. The Bertz CT molecular complexity index is 155. The molecule has 0 aromatic carbocycles.